The summed E-state index contributed by atoms with van der Waals surface area (Å²) in [5, 5.41) is 0. The molecule has 2 aromatic carbocycles. The number of imide groups is 1. The van der Waals surface area contributed by atoms with Crippen molar-refractivity contribution >= 4 is 11.8 Å². The minimum Gasteiger partial charge on any atom is -0.278 e. The van der Waals surface area contributed by atoms with Gasteiger partial charge in [-0.2, -0.15) is 0 Å². The van der Waals surface area contributed by atoms with Gasteiger partial charge in [0.05, 0.1) is 11.8 Å². The zero-order valence-electron chi connectivity index (χ0n) is 13.2. The molecule has 2 aromatic rings. The standard InChI is InChI=1S/C21H17NO2/c1-2-11-22-20(23)18-16-12-7-3-4-8-13(12)17(19(18)21(22)24)15-10-6-5-9-14(15)16/h2-10,16-19H,1,11H2/t16?,17?,18-,19+. The molecule has 0 aromatic heterocycles. The van der Waals surface area contributed by atoms with Crippen LogP contribution in [0.4, 0.5) is 0 Å². The molecule has 1 saturated heterocycles. The van der Waals surface area contributed by atoms with Crippen molar-refractivity contribution in [2.75, 3.05) is 6.54 Å². The van der Waals surface area contributed by atoms with E-state index in [0.29, 0.717) is 6.54 Å². The number of nitrogens with zero attached hydrogens (tertiary/aromatic N) is 1. The Morgan fingerprint density at radius 2 is 1.17 bits per heavy atom. The van der Waals surface area contributed by atoms with E-state index >= 15 is 0 Å². The predicted molar refractivity (Wildman–Crippen MR) is 90.5 cm³/mol. The van der Waals surface area contributed by atoms with Crippen LogP contribution in [-0.4, -0.2) is 23.3 Å². The minimum absolute atomic E-state index is 0.0151. The summed E-state index contributed by atoms with van der Waals surface area (Å²) < 4.78 is 0. The third kappa shape index (κ3) is 1.47. The zero-order chi connectivity index (χ0) is 16.4. The van der Waals surface area contributed by atoms with Crippen LogP contribution in [0.15, 0.2) is 61.2 Å². The van der Waals surface area contributed by atoms with Gasteiger partial charge < -0.3 is 0 Å². The molecule has 118 valence electrons. The average Bonchev–Trinajstić information content (AvgIpc) is 2.88. The van der Waals surface area contributed by atoms with Gasteiger partial charge in [0.15, 0.2) is 0 Å². The third-order valence-electron chi connectivity index (χ3n) is 5.85. The second-order valence-electron chi connectivity index (χ2n) is 6.84. The van der Waals surface area contributed by atoms with E-state index in [4.69, 9.17) is 0 Å². The molecule has 4 aliphatic rings. The molecule has 1 aliphatic heterocycles. The summed E-state index contributed by atoms with van der Waals surface area (Å²) in [6, 6.07) is 16.6. The molecule has 1 heterocycles. The molecule has 3 heteroatoms. The summed E-state index contributed by atoms with van der Waals surface area (Å²) in [4.78, 5) is 27.4. The molecule has 0 saturated carbocycles. The van der Waals surface area contributed by atoms with Gasteiger partial charge in [-0.3, -0.25) is 14.5 Å². The number of carbonyl (C=O) groups excluding carboxylic acids is 2. The van der Waals surface area contributed by atoms with E-state index in [9.17, 15) is 9.59 Å². The Bertz CT molecular complexity index is 785. The van der Waals surface area contributed by atoms with Crippen molar-refractivity contribution < 1.29 is 9.59 Å². The Morgan fingerprint density at radius 1 is 0.792 bits per heavy atom. The molecular formula is C21H17NO2. The van der Waals surface area contributed by atoms with Crippen molar-refractivity contribution in [1.29, 1.82) is 0 Å². The van der Waals surface area contributed by atoms with Crippen LogP contribution in [0.5, 0.6) is 0 Å². The molecule has 6 rings (SSSR count). The topological polar surface area (TPSA) is 37.4 Å². The fourth-order valence-electron chi connectivity index (χ4n) is 5.05. The summed E-state index contributed by atoms with van der Waals surface area (Å²) in [5.41, 5.74) is 4.85. The van der Waals surface area contributed by atoms with Crippen LogP contribution in [0.2, 0.25) is 0 Å². The Morgan fingerprint density at radius 3 is 1.50 bits per heavy atom. The van der Waals surface area contributed by atoms with Crippen LogP contribution in [0.1, 0.15) is 34.1 Å². The lowest BCUT2D eigenvalue weighted by atomic mass is 9.55. The Labute approximate surface area is 140 Å². The van der Waals surface area contributed by atoms with Crippen LogP contribution in [0.3, 0.4) is 0 Å². The van der Waals surface area contributed by atoms with Crippen LogP contribution < -0.4 is 0 Å². The van der Waals surface area contributed by atoms with Crippen molar-refractivity contribution in [2.45, 2.75) is 11.8 Å². The highest BCUT2D eigenvalue weighted by atomic mass is 16.2. The second-order valence-corrected chi connectivity index (χ2v) is 6.84. The van der Waals surface area contributed by atoms with Gasteiger partial charge in [0.2, 0.25) is 11.8 Å². The van der Waals surface area contributed by atoms with E-state index in [1.54, 1.807) is 6.08 Å². The number of hydrogen-bond donors (Lipinski definition) is 0. The summed E-state index contributed by atoms with van der Waals surface area (Å²) >= 11 is 0. The van der Waals surface area contributed by atoms with Gasteiger partial charge in [-0.05, 0) is 22.3 Å². The maximum Gasteiger partial charge on any atom is 0.234 e. The van der Waals surface area contributed by atoms with E-state index < -0.39 is 0 Å². The number of likely N-dealkylation sites (tertiary alicyclic amines) is 1. The lowest BCUT2D eigenvalue weighted by Gasteiger charge is -2.45. The number of benzene rings is 2. The first kappa shape index (κ1) is 13.7. The van der Waals surface area contributed by atoms with Gasteiger partial charge >= 0.3 is 0 Å². The van der Waals surface area contributed by atoms with Gasteiger partial charge in [0.1, 0.15) is 0 Å². The largest absolute Gasteiger partial charge is 0.278 e. The molecule has 2 bridgehead atoms. The average molecular weight is 315 g/mol. The van der Waals surface area contributed by atoms with Gasteiger partial charge in [-0.15, -0.1) is 6.58 Å². The molecule has 0 N–H and O–H groups in total. The summed E-state index contributed by atoms with van der Waals surface area (Å²) in [7, 11) is 0. The molecule has 0 spiro atoms. The third-order valence-corrected chi connectivity index (χ3v) is 5.85. The summed E-state index contributed by atoms with van der Waals surface area (Å²) in [6.45, 7) is 4.00. The SMILES string of the molecule is C=CCN1C(=O)[C@@H]2C3c4ccccc4C(c4ccccc43)[C@@H]2C1=O. The lowest BCUT2D eigenvalue weighted by Crippen LogP contribution is -2.41. The monoisotopic (exact) mass is 315 g/mol. The first-order chi connectivity index (χ1) is 11.7. The Hall–Kier alpha value is -2.68. The first-order valence-corrected chi connectivity index (χ1v) is 8.37. The highest BCUT2D eigenvalue weighted by Gasteiger charge is 2.61. The molecule has 3 nitrogen and oxygen atoms in total. The van der Waals surface area contributed by atoms with Crippen molar-refractivity contribution in [3.63, 3.8) is 0 Å². The number of rotatable bonds is 2. The highest BCUT2D eigenvalue weighted by Crippen LogP contribution is 2.60. The normalized spacial score (nSPS) is 29.2. The van der Waals surface area contributed by atoms with Gasteiger partial charge in [-0.25, -0.2) is 0 Å². The van der Waals surface area contributed by atoms with E-state index in [0.717, 1.165) is 0 Å². The molecule has 0 unspecified atom stereocenters. The molecule has 0 radical (unpaired) electrons. The van der Waals surface area contributed by atoms with Crippen molar-refractivity contribution in [1.82, 2.24) is 4.90 Å². The predicted octanol–water partition coefficient (Wildman–Crippen LogP) is 3.06. The molecule has 2 amide bonds. The number of amides is 2. The Kier molecular flexibility index (Phi) is 2.67. The van der Waals surface area contributed by atoms with Gasteiger partial charge in [-0.1, -0.05) is 54.6 Å². The second kappa shape index (κ2) is 4.67. The maximum atomic E-state index is 13.0. The number of carbonyl (C=O) groups is 2. The lowest BCUT2D eigenvalue weighted by molar-refractivity contribution is -0.139. The van der Waals surface area contributed by atoms with Crippen LogP contribution in [0, 0.1) is 11.8 Å². The highest BCUT2D eigenvalue weighted by molar-refractivity contribution is 6.07. The molecule has 24 heavy (non-hydrogen) atoms. The summed E-state index contributed by atoms with van der Waals surface area (Å²) in [6.07, 6.45) is 1.63. The van der Waals surface area contributed by atoms with Crippen LogP contribution in [-0.2, 0) is 9.59 Å². The zero-order valence-corrected chi connectivity index (χ0v) is 13.2. The quantitative estimate of drug-likeness (QED) is 0.631. The fraction of sp³-hybridized carbons (Fsp3) is 0.238. The molecular weight excluding hydrogens is 298 g/mol. The minimum atomic E-state index is -0.271. The van der Waals surface area contributed by atoms with E-state index in [-0.39, 0.29) is 35.5 Å². The van der Waals surface area contributed by atoms with Crippen molar-refractivity contribution in [2.24, 2.45) is 11.8 Å². The van der Waals surface area contributed by atoms with Gasteiger partial charge in [0, 0.05) is 18.4 Å². The van der Waals surface area contributed by atoms with Crippen LogP contribution in [0.25, 0.3) is 0 Å². The van der Waals surface area contributed by atoms with E-state index in [1.165, 1.54) is 27.2 Å². The summed E-state index contributed by atoms with van der Waals surface area (Å²) in [5.74, 6) is -0.648. The Balaban J connectivity index is 1.78. The first-order valence-electron chi connectivity index (χ1n) is 8.37. The van der Waals surface area contributed by atoms with E-state index in [2.05, 4.69) is 30.8 Å². The van der Waals surface area contributed by atoms with Crippen molar-refractivity contribution in [3.8, 4) is 0 Å². The van der Waals surface area contributed by atoms with Crippen LogP contribution >= 0.6 is 0 Å². The molecule has 3 aliphatic carbocycles. The fourth-order valence-corrected chi connectivity index (χ4v) is 5.05. The maximum absolute atomic E-state index is 13.0. The molecule has 2 atom stereocenters. The van der Waals surface area contributed by atoms with E-state index in [1.807, 2.05) is 24.3 Å². The van der Waals surface area contributed by atoms with Crippen molar-refractivity contribution in [3.05, 3.63) is 83.4 Å². The smallest absolute Gasteiger partial charge is 0.234 e. The van der Waals surface area contributed by atoms with Gasteiger partial charge in [0.25, 0.3) is 0 Å². The molecule has 1 fully saturated rings. The number of hydrogen-bond acceptors (Lipinski definition) is 2.